The zero-order valence-corrected chi connectivity index (χ0v) is 23.2. The Hall–Kier alpha value is -4.91. The highest BCUT2D eigenvalue weighted by atomic mass is 32.2. The minimum absolute atomic E-state index is 0.160. The molecule has 41 heavy (non-hydrogen) atoms. The topological polar surface area (TPSA) is 150 Å². The van der Waals surface area contributed by atoms with Crippen LogP contribution in [-0.4, -0.2) is 42.9 Å². The number of nitro groups is 2. The first-order valence-electron chi connectivity index (χ1n) is 12.7. The summed E-state index contributed by atoms with van der Waals surface area (Å²) in [7, 11) is 0. The number of hydrogen-bond donors (Lipinski definition) is 2. The zero-order valence-electron chi connectivity index (χ0n) is 22.4. The van der Waals surface area contributed by atoms with Crippen molar-refractivity contribution in [3.8, 4) is 0 Å². The maximum Gasteiger partial charge on any atom is 0.345 e. The van der Waals surface area contributed by atoms with Crippen molar-refractivity contribution in [2.45, 2.75) is 25.7 Å². The Morgan fingerprint density at radius 2 is 1.15 bits per heavy atom. The van der Waals surface area contributed by atoms with E-state index in [0.29, 0.717) is 49.2 Å². The quantitative estimate of drug-likeness (QED) is 0.153. The van der Waals surface area contributed by atoms with E-state index in [9.17, 15) is 20.2 Å². The van der Waals surface area contributed by atoms with Crippen molar-refractivity contribution >= 4 is 35.3 Å². The van der Waals surface area contributed by atoms with E-state index in [0.717, 1.165) is 21.2 Å². The maximum atomic E-state index is 11.6. The number of rotatable bonds is 14. The third-order valence-corrected chi connectivity index (χ3v) is 7.45. The van der Waals surface area contributed by atoms with Crippen LogP contribution in [0.2, 0.25) is 0 Å². The molecule has 0 amide bonds. The molecule has 212 valence electrons. The van der Waals surface area contributed by atoms with E-state index in [4.69, 9.17) is 0 Å². The molecule has 2 aromatic rings. The van der Waals surface area contributed by atoms with E-state index in [-0.39, 0.29) is 24.5 Å². The second kappa shape index (κ2) is 13.0. The Bertz CT molecular complexity index is 1410. The van der Waals surface area contributed by atoms with Gasteiger partial charge in [-0.05, 0) is 22.0 Å². The van der Waals surface area contributed by atoms with Crippen molar-refractivity contribution in [1.29, 1.82) is 0 Å². The lowest BCUT2D eigenvalue weighted by molar-refractivity contribution is -0.390. The van der Waals surface area contributed by atoms with Crippen LogP contribution in [0.5, 0.6) is 0 Å². The second-order valence-corrected chi connectivity index (χ2v) is 10.0. The molecule has 0 radical (unpaired) electrons. The van der Waals surface area contributed by atoms with Crippen LogP contribution in [0.3, 0.4) is 0 Å². The fourth-order valence-corrected chi connectivity index (χ4v) is 5.71. The van der Waals surface area contributed by atoms with E-state index in [2.05, 4.69) is 46.3 Å². The maximum absolute atomic E-state index is 11.6. The molecule has 0 aromatic carbocycles. The number of allylic oxidation sites excluding steroid dienone is 6. The van der Waals surface area contributed by atoms with Crippen LogP contribution in [-0.2, 0) is 12.8 Å². The molecule has 12 nitrogen and oxygen atoms in total. The van der Waals surface area contributed by atoms with Crippen LogP contribution in [0.1, 0.15) is 24.2 Å². The SMILES string of the molecule is C=CCC1=C(SC2=C(CC=C)N(c3nc(CC=C)c([N+](=O)[O-])[nH]3)CC=C2)C=CCN1c1nc(CC=C)c([N+](=O)[O-])[nH]1. The van der Waals surface area contributed by atoms with Crippen LogP contribution in [0.15, 0.2) is 96.1 Å². The van der Waals surface area contributed by atoms with Crippen molar-refractivity contribution in [2.24, 2.45) is 0 Å². The number of nitrogens with zero attached hydrogens (tertiary/aromatic N) is 6. The predicted octanol–water partition coefficient (Wildman–Crippen LogP) is 6.17. The molecule has 2 N–H and O–H groups in total. The van der Waals surface area contributed by atoms with E-state index >= 15 is 0 Å². The monoisotopic (exact) mass is 574 g/mol. The van der Waals surface area contributed by atoms with Crippen molar-refractivity contribution in [2.75, 3.05) is 22.9 Å². The van der Waals surface area contributed by atoms with Crippen molar-refractivity contribution < 1.29 is 9.85 Å². The molecule has 0 atom stereocenters. The molecule has 2 aliphatic rings. The first kappa shape index (κ1) is 29.1. The fourth-order valence-electron chi connectivity index (χ4n) is 4.53. The summed E-state index contributed by atoms with van der Waals surface area (Å²) in [5.41, 5.74) is 2.37. The van der Waals surface area contributed by atoms with Gasteiger partial charge in [-0.1, -0.05) is 48.2 Å². The van der Waals surface area contributed by atoms with Gasteiger partial charge < -0.3 is 20.2 Å². The van der Waals surface area contributed by atoms with Crippen molar-refractivity contribution in [3.63, 3.8) is 0 Å². The largest absolute Gasteiger partial charge is 0.358 e. The number of nitrogens with one attached hydrogen (secondary N) is 2. The summed E-state index contributed by atoms with van der Waals surface area (Å²) in [4.78, 5) is 42.7. The highest BCUT2D eigenvalue weighted by Gasteiger charge is 2.30. The molecule has 0 saturated heterocycles. The standard InChI is InChI=1S/C28H30N8O4S/c1-5-11-19-25(35(37)38)31-27(29-19)33-17-9-15-23(21(33)13-7-3)41-24-16-10-18-34(22(24)14-8-4)28-30-20(12-6-2)26(32-28)36(39)40/h5-10,15-16H,1-4,11-14,17-18H2,(H,29,31)(H,30,32). The number of anilines is 2. The molecule has 4 heterocycles. The number of H-pyrrole nitrogens is 2. The third kappa shape index (κ3) is 6.14. The number of aromatic amines is 2. The molecule has 0 fully saturated rings. The normalized spacial score (nSPS) is 14.9. The molecule has 13 heteroatoms. The summed E-state index contributed by atoms with van der Waals surface area (Å²) in [6.07, 6.45) is 16.1. The summed E-state index contributed by atoms with van der Waals surface area (Å²) < 4.78 is 0. The molecular formula is C28H30N8O4S. The minimum Gasteiger partial charge on any atom is -0.358 e. The lowest BCUT2D eigenvalue weighted by atomic mass is 10.2. The molecule has 2 aromatic heterocycles. The highest BCUT2D eigenvalue weighted by molar-refractivity contribution is 8.07. The van der Waals surface area contributed by atoms with E-state index in [1.165, 1.54) is 11.8 Å². The van der Waals surface area contributed by atoms with Crippen molar-refractivity contribution in [3.05, 3.63) is 128 Å². The second-order valence-electron chi connectivity index (χ2n) is 8.95. The molecule has 0 saturated carbocycles. The Balaban J connectivity index is 1.76. The van der Waals surface area contributed by atoms with Gasteiger partial charge in [0.25, 0.3) is 11.9 Å². The number of thioether (sulfide) groups is 1. The highest BCUT2D eigenvalue weighted by Crippen LogP contribution is 2.41. The first-order chi connectivity index (χ1) is 19.8. The van der Waals surface area contributed by atoms with Crippen LogP contribution in [0.4, 0.5) is 23.5 Å². The first-order valence-corrected chi connectivity index (χ1v) is 13.6. The van der Waals surface area contributed by atoms with Gasteiger partial charge in [0, 0.05) is 60.0 Å². The van der Waals surface area contributed by atoms with Gasteiger partial charge in [-0.3, -0.25) is 9.80 Å². The van der Waals surface area contributed by atoms with Gasteiger partial charge in [-0.25, -0.2) is 9.97 Å². The zero-order chi connectivity index (χ0) is 29.5. The minimum atomic E-state index is -0.477. The van der Waals surface area contributed by atoms with Gasteiger partial charge in [-0.15, -0.1) is 26.3 Å². The smallest absolute Gasteiger partial charge is 0.345 e. The van der Waals surface area contributed by atoms with Crippen LogP contribution in [0, 0.1) is 20.2 Å². The van der Waals surface area contributed by atoms with Crippen LogP contribution in [0.25, 0.3) is 0 Å². The van der Waals surface area contributed by atoms with Gasteiger partial charge >= 0.3 is 11.6 Å². The third-order valence-electron chi connectivity index (χ3n) is 6.27. The fraction of sp³-hybridized carbons (Fsp3) is 0.214. The summed E-state index contributed by atoms with van der Waals surface area (Å²) >= 11 is 1.51. The molecule has 2 aliphatic heterocycles. The molecule has 4 rings (SSSR count). The lowest BCUT2D eigenvalue weighted by Gasteiger charge is -2.29. The van der Waals surface area contributed by atoms with E-state index in [1.807, 2.05) is 34.1 Å². The summed E-state index contributed by atoms with van der Waals surface area (Å²) in [5, 5.41) is 23.3. The van der Waals surface area contributed by atoms with Gasteiger partial charge in [0.15, 0.2) is 0 Å². The number of aromatic nitrogens is 4. The van der Waals surface area contributed by atoms with Gasteiger partial charge in [0.1, 0.15) is 11.4 Å². The Morgan fingerprint density at radius 1 is 0.756 bits per heavy atom. The Kier molecular flexibility index (Phi) is 9.19. The molecule has 0 spiro atoms. The van der Waals surface area contributed by atoms with Gasteiger partial charge in [-0.2, -0.15) is 9.97 Å². The van der Waals surface area contributed by atoms with Crippen LogP contribution >= 0.6 is 11.8 Å². The summed E-state index contributed by atoms with van der Waals surface area (Å²) in [5.74, 6) is 0.414. The summed E-state index contributed by atoms with van der Waals surface area (Å²) in [6, 6.07) is 0. The average Bonchev–Trinajstić information content (AvgIpc) is 3.56. The van der Waals surface area contributed by atoms with Crippen LogP contribution < -0.4 is 9.80 Å². The number of imidazole rings is 2. The van der Waals surface area contributed by atoms with E-state index < -0.39 is 9.85 Å². The van der Waals surface area contributed by atoms with Gasteiger partial charge in [0.05, 0.1) is 0 Å². The number of hydrogen-bond acceptors (Lipinski definition) is 9. The Labute approximate surface area is 241 Å². The lowest BCUT2D eigenvalue weighted by Crippen LogP contribution is -2.28. The Morgan fingerprint density at radius 3 is 1.49 bits per heavy atom. The van der Waals surface area contributed by atoms with E-state index in [1.54, 1.807) is 24.3 Å². The van der Waals surface area contributed by atoms with Gasteiger partial charge in [0.2, 0.25) is 0 Å². The molecular weight excluding hydrogens is 544 g/mol. The predicted molar refractivity (Wildman–Crippen MR) is 163 cm³/mol. The van der Waals surface area contributed by atoms with Crippen molar-refractivity contribution in [1.82, 2.24) is 19.9 Å². The molecule has 0 unspecified atom stereocenters. The molecule has 0 bridgehead atoms. The summed E-state index contributed by atoms with van der Waals surface area (Å²) in [6.45, 7) is 16.1. The molecule has 0 aliphatic carbocycles. The average molecular weight is 575 g/mol.